The fourth-order valence-corrected chi connectivity index (χ4v) is 5.07. The number of amides is 1. The second-order valence-corrected chi connectivity index (χ2v) is 9.81. The third kappa shape index (κ3) is 4.58. The molecule has 1 aromatic heterocycles. The molecule has 0 saturated carbocycles. The van der Waals surface area contributed by atoms with Crippen molar-refractivity contribution < 1.29 is 4.79 Å². The van der Waals surface area contributed by atoms with E-state index in [4.69, 9.17) is 0 Å². The number of piperidine rings is 1. The van der Waals surface area contributed by atoms with E-state index in [2.05, 4.69) is 39.9 Å². The Labute approximate surface area is 173 Å². The van der Waals surface area contributed by atoms with Crippen LogP contribution in [0, 0.1) is 0 Å². The standard InChI is InChI=1S/C23H36N4O2/c1-7-8-13-26(17-14-22(2,3)24-23(4,5)15-17)20(28)16-27-19-12-10-9-11-18(19)25(6)21(27)29/h9-12,17,24H,7-8,13-16H2,1-6H3. The first-order valence-electron chi connectivity index (χ1n) is 10.8. The van der Waals surface area contributed by atoms with E-state index in [1.807, 2.05) is 29.2 Å². The average molecular weight is 401 g/mol. The summed E-state index contributed by atoms with van der Waals surface area (Å²) in [5.74, 6) is 0.0374. The summed E-state index contributed by atoms with van der Waals surface area (Å²) >= 11 is 0. The minimum Gasteiger partial charge on any atom is -0.338 e. The van der Waals surface area contributed by atoms with Gasteiger partial charge in [-0.3, -0.25) is 13.9 Å². The zero-order valence-electron chi connectivity index (χ0n) is 18.8. The van der Waals surface area contributed by atoms with Crippen molar-refractivity contribution in [2.75, 3.05) is 6.54 Å². The van der Waals surface area contributed by atoms with Crippen molar-refractivity contribution in [3.8, 4) is 0 Å². The van der Waals surface area contributed by atoms with Gasteiger partial charge in [-0.2, -0.15) is 0 Å². The van der Waals surface area contributed by atoms with Gasteiger partial charge in [0.2, 0.25) is 5.91 Å². The number of unbranched alkanes of at least 4 members (excludes halogenated alkanes) is 1. The van der Waals surface area contributed by atoms with Crippen LogP contribution in [0.25, 0.3) is 11.0 Å². The second kappa shape index (κ2) is 7.98. The first-order chi connectivity index (χ1) is 13.5. The van der Waals surface area contributed by atoms with Crippen molar-refractivity contribution in [1.82, 2.24) is 19.4 Å². The van der Waals surface area contributed by atoms with Crippen LogP contribution in [0.4, 0.5) is 0 Å². The molecular formula is C23H36N4O2. The summed E-state index contributed by atoms with van der Waals surface area (Å²) in [6, 6.07) is 7.84. The molecule has 6 nitrogen and oxygen atoms in total. The van der Waals surface area contributed by atoms with Crippen molar-refractivity contribution in [2.24, 2.45) is 7.05 Å². The van der Waals surface area contributed by atoms with Crippen LogP contribution in [0.2, 0.25) is 0 Å². The molecule has 29 heavy (non-hydrogen) atoms. The van der Waals surface area contributed by atoms with Gasteiger partial charge in [0, 0.05) is 30.7 Å². The van der Waals surface area contributed by atoms with Gasteiger partial charge in [-0.05, 0) is 59.1 Å². The molecule has 160 valence electrons. The fraction of sp³-hybridized carbons (Fsp3) is 0.652. The van der Waals surface area contributed by atoms with Gasteiger partial charge in [0.15, 0.2) is 0 Å². The molecule has 1 aliphatic rings. The number of imidazole rings is 1. The summed E-state index contributed by atoms with van der Waals surface area (Å²) in [4.78, 5) is 28.3. The van der Waals surface area contributed by atoms with Crippen LogP contribution in [0.1, 0.15) is 60.3 Å². The summed E-state index contributed by atoms with van der Waals surface area (Å²) in [6.07, 6.45) is 3.84. The Morgan fingerprint density at radius 1 is 1.14 bits per heavy atom. The highest BCUT2D eigenvalue weighted by Gasteiger charge is 2.41. The van der Waals surface area contributed by atoms with E-state index >= 15 is 0 Å². The number of nitrogens with one attached hydrogen (secondary N) is 1. The number of hydrogen-bond donors (Lipinski definition) is 1. The highest BCUT2D eigenvalue weighted by atomic mass is 16.2. The summed E-state index contributed by atoms with van der Waals surface area (Å²) < 4.78 is 3.24. The van der Waals surface area contributed by atoms with Gasteiger partial charge in [-0.15, -0.1) is 0 Å². The average Bonchev–Trinajstić information content (AvgIpc) is 2.85. The number of carbonyl (C=O) groups excluding carboxylic acids is 1. The third-order valence-corrected chi connectivity index (χ3v) is 6.03. The SMILES string of the molecule is CCCCN(C(=O)Cn1c(=O)n(C)c2ccccc21)C1CC(C)(C)NC(C)(C)C1. The van der Waals surface area contributed by atoms with Crippen LogP contribution in [-0.2, 0) is 18.4 Å². The van der Waals surface area contributed by atoms with Crippen molar-refractivity contribution >= 4 is 16.9 Å². The van der Waals surface area contributed by atoms with E-state index in [1.165, 1.54) is 0 Å². The Hall–Kier alpha value is -2.08. The number of fused-ring (bicyclic) bond motifs is 1. The zero-order chi connectivity index (χ0) is 21.4. The summed E-state index contributed by atoms with van der Waals surface area (Å²) in [5.41, 5.74) is 1.46. The minimum atomic E-state index is -0.138. The molecule has 1 fully saturated rings. The molecule has 0 atom stereocenters. The second-order valence-electron chi connectivity index (χ2n) is 9.81. The Bertz CT molecular complexity index is 922. The number of aromatic nitrogens is 2. The van der Waals surface area contributed by atoms with Crippen molar-refractivity contribution in [2.45, 2.75) is 84.0 Å². The number of carbonyl (C=O) groups is 1. The maximum Gasteiger partial charge on any atom is 0.329 e. The Morgan fingerprint density at radius 2 is 1.72 bits per heavy atom. The third-order valence-electron chi connectivity index (χ3n) is 6.03. The quantitative estimate of drug-likeness (QED) is 0.810. The fourth-order valence-electron chi connectivity index (χ4n) is 5.07. The van der Waals surface area contributed by atoms with Crippen LogP contribution >= 0.6 is 0 Å². The molecule has 0 spiro atoms. The van der Waals surface area contributed by atoms with Crippen LogP contribution < -0.4 is 11.0 Å². The summed E-state index contributed by atoms with van der Waals surface area (Å²) in [6.45, 7) is 11.8. The first-order valence-corrected chi connectivity index (χ1v) is 10.8. The molecule has 1 aromatic carbocycles. The van der Waals surface area contributed by atoms with Gasteiger partial charge in [-0.25, -0.2) is 4.79 Å². The molecule has 0 radical (unpaired) electrons. The lowest BCUT2D eigenvalue weighted by molar-refractivity contribution is -0.136. The molecule has 1 aliphatic heterocycles. The number of aryl methyl sites for hydroxylation is 1. The van der Waals surface area contributed by atoms with E-state index in [9.17, 15) is 9.59 Å². The largest absolute Gasteiger partial charge is 0.338 e. The van der Waals surface area contributed by atoms with E-state index in [-0.39, 0.29) is 35.3 Å². The number of hydrogen-bond acceptors (Lipinski definition) is 3. The summed E-state index contributed by atoms with van der Waals surface area (Å²) in [5, 5.41) is 3.70. The lowest BCUT2D eigenvalue weighted by atomic mass is 9.79. The van der Waals surface area contributed by atoms with Gasteiger partial charge in [-0.1, -0.05) is 25.5 Å². The number of para-hydroxylation sites is 2. The van der Waals surface area contributed by atoms with Crippen LogP contribution in [0.5, 0.6) is 0 Å². The minimum absolute atomic E-state index is 0.0343. The molecule has 3 rings (SSSR count). The summed E-state index contributed by atoms with van der Waals surface area (Å²) in [7, 11) is 1.76. The van der Waals surface area contributed by atoms with Gasteiger partial charge in [0.25, 0.3) is 0 Å². The maximum atomic E-state index is 13.5. The number of nitrogens with zero attached hydrogens (tertiary/aromatic N) is 3. The number of rotatable bonds is 6. The van der Waals surface area contributed by atoms with Crippen LogP contribution in [0.3, 0.4) is 0 Å². The topological polar surface area (TPSA) is 59.3 Å². The highest BCUT2D eigenvalue weighted by molar-refractivity contribution is 5.81. The Morgan fingerprint density at radius 3 is 2.31 bits per heavy atom. The molecule has 2 aromatic rings. The molecule has 6 heteroatoms. The molecule has 1 N–H and O–H groups in total. The van der Waals surface area contributed by atoms with Crippen molar-refractivity contribution in [1.29, 1.82) is 0 Å². The smallest absolute Gasteiger partial charge is 0.329 e. The molecule has 1 saturated heterocycles. The predicted octanol–water partition coefficient (Wildman–Crippen LogP) is 3.28. The van der Waals surface area contributed by atoms with Crippen LogP contribution in [0.15, 0.2) is 29.1 Å². The first kappa shape index (κ1) is 21.6. The predicted molar refractivity (Wildman–Crippen MR) is 118 cm³/mol. The van der Waals surface area contributed by atoms with Crippen molar-refractivity contribution in [3.05, 3.63) is 34.7 Å². The van der Waals surface area contributed by atoms with E-state index < -0.39 is 0 Å². The molecular weight excluding hydrogens is 364 g/mol. The molecule has 2 heterocycles. The van der Waals surface area contributed by atoms with E-state index in [0.717, 1.165) is 43.3 Å². The highest BCUT2D eigenvalue weighted by Crippen LogP contribution is 2.32. The molecule has 1 amide bonds. The van der Waals surface area contributed by atoms with Gasteiger partial charge < -0.3 is 10.2 Å². The zero-order valence-corrected chi connectivity index (χ0v) is 18.8. The van der Waals surface area contributed by atoms with Gasteiger partial charge in [0.05, 0.1) is 11.0 Å². The van der Waals surface area contributed by atoms with Gasteiger partial charge in [0.1, 0.15) is 6.54 Å². The molecule has 0 unspecified atom stereocenters. The van der Waals surface area contributed by atoms with Crippen molar-refractivity contribution in [3.63, 3.8) is 0 Å². The molecule has 0 aliphatic carbocycles. The normalized spacial score (nSPS) is 18.8. The lowest BCUT2D eigenvalue weighted by Gasteiger charge is -2.49. The monoisotopic (exact) mass is 400 g/mol. The molecule has 0 bridgehead atoms. The lowest BCUT2D eigenvalue weighted by Crippen LogP contribution is -2.63. The Kier molecular flexibility index (Phi) is 5.95. The van der Waals surface area contributed by atoms with E-state index in [1.54, 1.807) is 16.2 Å². The Balaban J connectivity index is 1.91. The van der Waals surface area contributed by atoms with Crippen LogP contribution in [-0.4, -0.2) is 43.6 Å². The van der Waals surface area contributed by atoms with E-state index in [0.29, 0.717) is 0 Å². The maximum absolute atomic E-state index is 13.5. The number of benzene rings is 1. The van der Waals surface area contributed by atoms with Gasteiger partial charge >= 0.3 is 5.69 Å².